The lowest BCUT2D eigenvalue weighted by Gasteiger charge is -2.08. The van der Waals surface area contributed by atoms with E-state index in [2.05, 4.69) is 6.92 Å². The molecule has 0 saturated heterocycles. The van der Waals surface area contributed by atoms with E-state index >= 15 is 0 Å². The van der Waals surface area contributed by atoms with E-state index in [-0.39, 0.29) is 11.6 Å². The number of hydrogen-bond donors (Lipinski definition) is 0. The van der Waals surface area contributed by atoms with Crippen molar-refractivity contribution >= 4 is 23.2 Å². The van der Waals surface area contributed by atoms with Crippen LogP contribution < -0.4 is 0 Å². The lowest BCUT2D eigenvalue weighted by Crippen LogP contribution is -2.24. The van der Waals surface area contributed by atoms with E-state index in [0.29, 0.717) is 12.0 Å². The Bertz CT molecular complexity index is 484. The minimum Gasteiger partial charge on any atom is -0.298 e. The van der Waals surface area contributed by atoms with Crippen molar-refractivity contribution in [3.8, 4) is 0 Å². The number of unbranched alkanes of at least 4 members (excludes halogenated alkanes) is 10. The molecule has 1 unspecified atom stereocenters. The third-order valence-corrected chi connectivity index (χ3v) is 5.04. The number of ketones is 2. The van der Waals surface area contributed by atoms with Crippen molar-refractivity contribution < 1.29 is 9.59 Å². The number of rotatable bonds is 15. The maximum atomic E-state index is 12.1. The number of carbonyl (C=O) groups excluding carboxylic acids is 2. The first-order valence-electron chi connectivity index (χ1n) is 9.93. The van der Waals surface area contributed by atoms with Gasteiger partial charge in [0.25, 0.3) is 0 Å². The highest BCUT2D eigenvalue weighted by molar-refractivity contribution is 6.44. The summed E-state index contributed by atoms with van der Waals surface area (Å²) in [4.78, 5) is 24.2. The first-order valence-corrected chi connectivity index (χ1v) is 10.4. The Kier molecular flexibility index (Phi) is 12.3. The fraction of sp³-hybridized carbons (Fsp3) is 0.636. The minimum absolute atomic E-state index is 0.147. The standard InChI is InChI=1S/C22H33ClO2/c1-2-3-4-5-6-7-8-9-10-11-15-18-20(24)21(23)22(25)19-16-13-12-14-17-19/h12-14,16-17,21H,2-11,15,18H2,1H3. The van der Waals surface area contributed by atoms with Crippen molar-refractivity contribution in [3.63, 3.8) is 0 Å². The molecule has 3 heteroatoms. The molecule has 0 heterocycles. The van der Waals surface area contributed by atoms with E-state index in [1.807, 2.05) is 6.07 Å². The molecule has 25 heavy (non-hydrogen) atoms. The molecule has 0 amide bonds. The van der Waals surface area contributed by atoms with Crippen molar-refractivity contribution in [2.24, 2.45) is 0 Å². The van der Waals surface area contributed by atoms with Gasteiger partial charge in [0.1, 0.15) is 0 Å². The van der Waals surface area contributed by atoms with Gasteiger partial charge in [-0.25, -0.2) is 0 Å². The zero-order chi connectivity index (χ0) is 18.3. The second-order valence-electron chi connectivity index (χ2n) is 6.84. The Morgan fingerprint density at radius 3 is 1.80 bits per heavy atom. The fourth-order valence-electron chi connectivity index (χ4n) is 2.99. The highest BCUT2D eigenvalue weighted by Crippen LogP contribution is 2.15. The minimum atomic E-state index is -1.04. The molecule has 0 spiro atoms. The monoisotopic (exact) mass is 364 g/mol. The molecule has 2 nitrogen and oxygen atoms in total. The van der Waals surface area contributed by atoms with E-state index in [1.54, 1.807) is 24.3 Å². The molecule has 0 N–H and O–H groups in total. The Morgan fingerprint density at radius 1 is 0.800 bits per heavy atom. The predicted molar refractivity (Wildman–Crippen MR) is 106 cm³/mol. The lowest BCUT2D eigenvalue weighted by molar-refractivity contribution is -0.118. The van der Waals surface area contributed by atoms with Crippen LogP contribution in [-0.4, -0.2) is 16.9 Å². The van der Waals surface area contributed by atoms with Gasteiger partial charge in [-0.15, -0.1) is 11.6 Å². The molecule has 1 aromatic rings. The number of hydrogen-bond acceptors (Lipinski definition) is 2. The summed E-state index contributed by atoms with van der Waals surface area (Å²) in [7, 11) is 0. The van der Waals surface area contributed by atoms with Gasteiger partial charge in [-0.3, -0.25) is 9.59 Å². The highest BCUT2D eigenvalue weighted by Gasteiger charge is 2.24. The van der Waals surface area contributed by atoms with E-state index in [4.69, 9.17) is 11.6 Å². The van der Waals surface area contributed by atoms with Crippen LogP contribution in [0.2, 0.25) is 0 Å². The third kappa shape index (κ3) is 9.79. The summed E-state index contributed by atoms with van der Waals surface area (Å²) in [5.74, 6) is -0.429. The van der Waals surface area contributed by atoms with Gasteiger partial charge in [-0.05, 0) is 6.42 Å². The quantitative estimate of drug-likeness (QED) is 0.149. The number of alkyl halides is 1. The second-order valence-corrected chi connectivity index (χ2v) is 7.28. The zero-order valence-electron chi connectivity index (χ0n) is 15.6. The molecule has 0 saturated carbocycles. The maximum Gasteiger partial charge on any atom is 0.188 e. The molecule has 0 aromatic heterocycles. The maximum absolute atomic E-state index is 12.1. The van der Waals surface area contributed by atoms with Crippen LogP contribution in [0.25, 0.3) is 0 Å². The molecule has 1 aromatic carbocycles. The van der Waals surface area contributed by atoms with Crippen LogP contribution in [0.1, 0.15) is 94.3 Å². The van der Waals surface area contributed by atoms with E-state index in [1.165, 1.54) is 57.8 Å². The molecular formula is C22H33ClO2. The van der Waals surface area contributed by atoms with Crippen molar-refractivity contribution in [3.05, 3.63) is 35.9 Å². The summed E-state index contributed by atoms with van der Waals surface area (Å²) in [6, 6.07) is 8.81. The van der Waals surface area contributed by atoms with Crippen LogP contribution in [-0.2, 0) is 4.79 Å². The summed E-state index contributed by atoms with van der Waals surface area (Å²) in [5.41, 5.74) is 0.509. The summed E-state index contributed by atoms with van der Waals surface area (Å²) in [6.07, 6.45) is 14.1. The van der Waals surface area contributed by atoms with Crippen molar-refractivity contribution in [2.45, 2.75) is 89.4 Å². The lowest BCUT2D eigenvalue weighted by atomic mass is 10.0. The molecule has 0 bridgehead atoms. The van der Waals surface area contributed by atoms with Crippen LogP contribution in [0.15, 0.2) is 30.3 Å². The number of halogens is 1. The molecule has 0 radical (unpaired) electrons. The Balaban J connectivity index is 2.04. The predicted octanol–water partition coefficient (Wildman–Crippen LogP) is 6.75. The molecule has 0 aliphatic rings. The number of Topliss-reactive ketones (excluding diaryl/α,β-unsaturated/α-hetero) is 2. The topological polar surface area (TPSA) is 34.1 Å². The van der Waals surface area contributed by atoms with Gasteiger partial charge in [-0.2, -0.15) is 0 Å². The average Bonchev–Trinajstić information content (AvgIpc) is 2.65. The van der Waals surface area contributed by atoms with Crippen LogP contribution in [0.4, 0.5) is 0 Å². The zero-order valence-corrected chi connectivity index (χ0v) is 16.4. The van der Waals surface area contributed by atoms with Gasteiger partial charge < -0.3 is 0 Å². The van der Waals surface area contributed by atoms with Crippen molar-refractivity contribution in [2.75, 3.05) is 0 Å². The normalized spacial score (nSPS) is 12.1. The molecule has 0 aliphatic heterocycles. The third-order valence-electron chi connectivity index (χ3n) is 4.60. The largest absolute Gasteiger partial charge is 0.298 e. The second kappa shape index (κ2) is 14.1. The van der Waals surface area contributed by atoms with E-state index < -0.39 is 5.38 Å². The first kappa shape index (κ1) is 21.9. The van der Waals surface area contributed by atoms with Crippen molar-refractivity contribution in [1.29, 1.82) is 0 Å². The van der Waals surface area contributed by atoms with E-state index in [0.717, 1.165) is 12.8 Å². The molecule has 1 rings (SSSR count). The van der Waals surface area contributed by atoms with Gasteiger partial charge in [0.2, 0.25) is 0 Å². The number of benzene rings is 1. The molecule has 0 fully saturated rings. The molecular weight excluding hydrogens is 332 g/mol. The smallest absolute Gasteiger partial charge is 0.188 e. The Labute approximate surface area is 158 Å². The fourth-order valence-corrected chi connectivity index (χ4v) is 3.22. The first-order chi connectivity index (χ1) is 12.2. The van der Waals surface area contributed by atoms with Crippen molar-refractivity contribution in [1.82, 2.24) is 0 Å². The Hall–Kier alpha value is -1.15. The summed E-state index contributed by atoms with van der Waals surface area (Å²) >= 11 is 6.05. The Morgan fingerprint density at radius 2 is 1.28 bits per heavy atom. The summed E-state index contributed by atoms with van der Waals surface area (Å²) < 4.78 is 0. The summed E-state index contributed by atoms with van der Waals surface area (Å²) in [6.45, 7) is 2.24. The van der Waals surface area contributed by atoms with Gasteiger partial charge in [0.05, 0.1) is 0 Å². The van der Waals surface area contributed by atoms with Gasteiger partial charge >= 0.3 is 0 Å². The summed E-state index contributed by atoms with van der Waals surface area (Å²) in [5, 5.41) is -1.04. The van der Waals surface area contributed by atoms with Crippen LogP contribution >= 0.6 is 11.6 Å². The molecule has 0 aliphatic carbocycles. The molecule has 1 atom stereocenters. The van der Waals surface area contributed by atoms with Gasteiger partial charge in [0.15, 0.2) is 16.9 Å². The SMILES string of the molecule is CCCCCCCCCCCCCC(=O)C(Cl)C(=O)c1ccccc1. The number of carbonyl (C=O) groups is 2. The van der Waals surface area contributed by atoms with E-state index in [9.17, 15) is 9.59 Å². The van der Waals surface area contributed by atoms with Gasteiger partial charge in [0, 0.05) is 12.0 Å². The highest BCUT2D eigenvalue weighted by atomic mass is 35.5. The van der Waals surface area contributed by atoms with Crippen LogP contribution in [0.5, 0.6) is 0 Å². The van der Waals surface area contributed by atoms with Crippen LogP contribution in [0, 0.1) is 0 Å². The van der Waals surface area contributed by atoms with Gasteiger partial charge in [-0.1, -0.05) is 101 Å². The molecule has 140 valence electrons. The average molecular weight is 365 g/mol. The van der Waals surface area contributed by atoms with Crippen LogP contribution in [0.3, 0.4) is 0 Å².